The Morgan fingerprint density at radius 3 is 2.29 bits per heavy atom. The predicted octanol–water partition coefficient (Wildman–Crippen LogP) is 9.24. The average molecular weight is 652 g/mol. The number of nitrogens with zero attached hydrogens (tertiary/aromatic N) is 1. The van der Waals surface area contributed by atoms with Crippen LogP contribution in [0, 0.1) is 11.9 Å². The molecule has 3 aromatic carbocycles. The fourth-order valence-electron chi connectivity index (χ4n) is 4.51. The van der Waals surface area contributed by atoms with Crippen LogP contribution in [0.4, 0.5) is 4.39 Å². The Labute approximate surface area is 274 Å². The molecule has 1 aliphatic carbocycles. The quantitative estimate of drug-likeness (QED) is 0.203. The van der Waals surface area contributed by atoms with Gasteiger partial charge in [0.05, 0.1) is 17.8 Å². The summed E-state index contributed by atoms with van der Waals surface area (Å²) in [6.07, 6.45) is 9.81. The maximum atomic E-state index is 15.3. The third-order valence-electron chi connectivity index (χ3n) is 6.51. The Balaban J connectivity index is 0.000000662. The number of nitrogens with two attached hydrogens (primary N) is 3. The molecule has 1 radical (unpaired) electrons. The predicted molar refractivity (Wildman–Crippen MR) is 165 cm³/mol. The van der Waals surface area contributed by atoms with Gasteiger partial charge in [0.1, 0.15) is 5.75 Å². The van der Waals surface area contributed by atoms with E-state index in [2.05, 4.69) is 11.1 Å². The Bertz CT molecular complexity index is 1270. The summed E-state index contributed by atoms with van der Waals surface area (Å²) in [5, 5.41) is 0.427. The summed E-state index contributed by atoms with van der Waals surface area (Å²) in [4.78, 5) is 3.99. The van der Waals surface area contributed by atoms with Gasteiger partial charge in [0, 0.05) is 62.4 Å². The second kappa shape index (κ2) is 19.8. The van der Waals surface area contributed by atoms with Crippen LogP contribution < -0.4 is 16.2 Å². The first-order chi connectivity index (χ1) is 19.1. The van der Waals surface area contributed by atoms with Crippen molar-refractivity contribution in [1.82, 2.24) is 4.98 Å². The Hall–Kier alpha value is -2.19. The van der Waals surface area contributed by atoms with E-state index in [1.165, 1.54) is 44.4 Å². The number of rotatable bonds is 6. The molecule has 1 fully saturated rings. The zero-order chi connectivity index (χ0) is 28.0. The van der Waals surface area contributed by atoms with Gasteiger partial charge in [-0.05, 0) is 36.1 Å². The number of ether oxygens (including phenoxy) is 1. The fraction of sp³-hybridized carbons (Fsp3) is 0.303. The third kappa shape index (κ3) is 10.9. The van der Waals surface area contributed by atoms with Crippen molar-refractivity contribution >= 4 is 11.6 Å². The molecule has 0 saturated heterocycles. The number of hydrogen-bond donors (Lipinski definition) is 2. The Morgan fingerprint density at radius 1 is 1.00 bits per heavy atom. The maximum Gasteiger partial charge on any atom is 0.143 e. The summed E-state index contributed by atoms with van der Waals surface area (Å²) >= 11 is 6.44. The third-order valence-corrected chi connectivity index (χ3v) is 6.84. The van der Waals surface area contributed by atoms with Gasteiger partial charge in [-0.25, -0.2) is 0 Å². The molecule has 4 aromatic rings. The molecule has 1 atom stereocenters. The van der Waals surface area contributed by atoms with Gasteiger partial charge in [-0.1, -0.05) is 105 Å². The van der Waals surface area contributed by atoms with Crippen molar-refractivity contribution < 1.29 is 41.8 Å². The standard InChI is InChI=1S/C25H19ClFN2O.C6H13N.C2H6.H2N.Y/c26-23-12-11-18(22(15-28)17-6-2-1-3-7-17)14-21(23)20-9-4-10-24(25(20)27)30-19-8-5-13-29-16-19;7-6-4-2-1-3-5-6;1-2;;/h1-8,10-14,16,22H,15,28H2;6H,1-5,7H2;1-2H3;1H2;/q-1;;;-1;. The SMILES string of the molecule is CC.NC1CCCCC1.NCC(c1ccccc1)c1ccc(Cl)c(-c2[c-]ccc(Oc3cccnc3)c2F)c1.[NH2-].[Y]. The van der Waals surface area contributed by atoms with Gasteiger partial charge in [-0.2, -0.15) is 0 Å². The molecule has 1 unspecified atom stereocenters. The van der Waals surface area contributed by atoms with Crippen molar-refractivity contribution in [2.45, 2.75) is 57.9 Å². The van der Waals surface area contributed by atoms with Gasteiger partial charge in [0.15, 0.2) is 0 Å². The van der Waals surface area contributed by atoms with Crippen LogP contribution in [0.5, 0.6) is 11.5 Å². The van der Waals surface area contributed by atoms with Crippen LogP contribution in [0.15, 0.2) is 85.2 Å². The van der Waals surface area contributed by atoms with Crippen molar-refractivity contribution in [2.24, 2.45) is 11.5 Å². The van der Waals surface area contributed by atoms with Gasteiger partial charge in [0.2, 0.25) is 0 Å². The first-order valence-corrected chi connectivity index (χ1v) is 14.0. The van der Waals surface area contributed by atoms with Crippen LogP contribution in [0.25, 0.3) is 17.3 Å². The molecule has 0 amide bonds. The van der Waals surface area contributed by atoms with Crippen LogP contribution in [-0.4, -0.2) is 17.6 Å². The van der Waals surface area contributed by atoms with Crippen molar-refractivity contribution in [3.8, 4) is 22.6 Å². The summed E-state index contributed by atoms with van der Waals surface area (Å²) in [7, 11) is 0. The first-order valence-electron chi connectivity index (χ1n) is 13.6. The zero-order valence-electron chi connectivity index (χ0n) is 23.9. The van der Waals surface area contributed by atoms with Gasteiger partial charge in [0.25, 0.3) is 0 Å². The number of benzene rings is 3. The minimum Gasteiger partial charge on any atom is -0.693 e. The molecule has 0 spiro atoms. The van der Waals surface area contributed by atoms with E-state index in [0.29, 0.717) is 28.9 Å². The molecule has 1 aromatic heterocycles. The zero-order valence-corrected chi connectivity index (χ0v) is 27.5. The molecule has 1 saturated carbocycles. The summed E-state index contributed by atoms with van der Waals surface area (Å²) in [5.74, 6) is -0.0400. The topological polar surface area (TPSA) is 108 Å². The Kier molecular flexibility index (Phi) is 17.8. The summed E-state index contributed by atoms with van der Waals surface area (Å²) in [6.45, 7) is 4.42. The number of hydrogen-bond acceptors (Lipinski definition) is 4. The van der Waals surface area contributed by atoms with Gasteiger partial charge >= 0.3 is 0 Å². The van der Waals surface area contributed by atoms with Crippen molar-refractivity contribution in [3.63, 3.8) is 0 Å². The molecule has 1 heterocycles. The second-order valence-electron chi connectivity index (χ2n) is 9.16. The van der Waals surface area contributed by atoms with E-state index < -0.39 is 5.82 Å². The molecule has 0 aliphatic heterocycles. The largest absolute Gasteiger partial charge is 0.693 e. The molecule has 5 rings (SSSR count). The molecular formula is C33H40ClFN4OY-2. The van der Waals surface area contributed by atoms with Gasteiger partial charge in [-0.3, -0.25) is 9.37 Å². The molecule has 217 valence electrons. The summed E-state index contributed by atoms with van der Waals surface area (Å²) < 4.78 is 21.0. The number of aromatic nitrogens is 1. The van der Waals surface area contributed by atoms with Crippen molar-refractivity contribution in [3.05, 3.63) is 119 Å². The number of pyridine rings is 1. The van der Waals surface area contributed by atoms with E-state index in [1.807, 2.05) is 56.3 Å². The van der Waals surface area contributed by atoms with E-state index in [1.54, 1.807) is 30.5 Å². The maximum absolute atomic E-state index is 15.3. The fourth-order valence-corrected chi connectivity index (χ4v) is 4.72. The van der Waals surface area contributed by atoms with E-state index in [0.717, 1.165) is 11.1 Å². The van der Waals surface area contributed by atoms with Crippen molar-refractivity contribution in [1.29, 1.82) is 0 Å². The van der Waals surface area contributed by atoms with Crippen LogP contribution in [-0.2, 0) is 32.7 Å². The monoisotopic (exact) mass is 651 g/mol. The van der Waals surface area contributed by atoms with Crippen LogP contribution in [0.3, 0.4) is 0 Å². The minimum atomic E-state index is -0.538. The van der Waals surface area contributed by atoms with E-state index in [9.17, 15) is 0 Å². The molecule has 5 nitrogen and oxygen atoms in total. The second-order valence-corrected chi connectivity index (χ2v) is 9.57. The summed E-state index contributed by atoms with van der Waals surface area (Å²) in [5.41, 5.74) is 14.5. The van der Waals surface area contributed by atoms with E-state index in [-0.39, 0.29) is 56.1 Å². The first kappa shape index (κ1) is 36.8. The normalized spacial score (nSPS) is 13.1. The Morgan fingerprint density at radius 2 is 1.71 bits per heavy atom. The average Bonchev–Trinajstić information content (AvgIpc) is 2.98. The summed E-state index contributed by atoms with van der Waals surface area (Å²) in [6, 6.07) is 25.6. The molecule has 0 bridgehead atoms. The van der Waals surface area contributed by atoms with Crippen LogP contribution >= 0.6 is 11.6 Å². The van der Waals surface area contributed by atoms with Crippen LogP contribution in [0.2, 0.25) is 5.02 Å². The molecular weight excluding hydrogens is 612 g/mol. The van der Waals surface area contributed by atoms with Gasteiger partial charge < -0.3 is 22.4 Å². The smallest absolute Gasteiger partial charge is 0.143 e. The van der Waals surface area contributed by atoms with E-state index in [4.69, 9.17) is 27.8 Å². The van der Waals surface area contributed by atoms with Crippen molar-refractivity contribution in [2.75, 3.05) is 6.54 Å². The van der Waals surface area contributed by atoms with Gasteiger partial charge in [-0.15, -0.1) is 17.7 Å². The van der Waals surface area contributed by atoms with Crippen LogP contribution in [0.1, 0.15) is 63.0 Å². The number of halogens is 2. The molecule has 6 N–H and O–H groups in total. The van der Waals surface area contributed by atoms with E-state index >= 15 is 4.39 Å². The molecule has 8 heteroatoms. The molecule has 1 aliphatic rings. The molecule has 41 heavy (non-hydrogen) atoms. The minimum absolute atomic E-state index is 0.